The zero-order chi connectivity index (χ0) is 40.6. The van der Waals surface area contributed by atoms with Crippen molar-refractivity contribution in [2.45, 2.75) is 79.1 Å². The second-order valence-electron chi connectivity index (χ2n) is 16.1. The number of ether oxygens (including phenoxy) is 4. The minimum absolute atomic E-state index is 0.115. The molecule has 0 radical (unpaired) electrons. The number of hydrogen-bond acceptors (Lipinski definition) is 5. The number of anilines is 1. The highest BCUT2D eigenvalue weighted by Crippen LogP contribution is 2.48. The van der Waals surface area contributed by atoms with E-state index in [1.54, 1.807) is 21.3 Å². The van der Waals surface area contributed by atoms with E-state index >= 15 is 0 Å². The molecule has 57 heavy (non-hydrogen) atoms. The quantitative estimate of drug-likeness (QED) is 0.106. The van der Waals surface area contributed by atoms with Crippen LogP contribution in [0.4, 0.5) is 11.4 Å². The van der Waals surface area contributed by atoms with Crippen molar-refractivity contribution in [3.8, 4) is 23.0 Å². The monoisotopic (exact) mass is 876 g/mol. The average molecular weight is 877 g/mol. The van der Waals surface area contributed by atoms with E-state index in [4.69, 9.17) is 18.9 Å². The predicted molar refractivity (Wildman–Crippen MR) is 229 cm³/mol. The number of fused-ring (bicyclic) bond motifs is 2. The van der Waals surface area contributed by atoms with Crippen LogP contribution in [0.15, 0.2) is 120 Å². The number of halogens is 1. The van der Waals surface area contributed by atoms with Gasteiger partial charge >= 0.3 is 21.2 Å². The molecule has 1 aliphatic carbocycles. The van der Waals surface area contributed by atoms with Gasteiger partial charge in [-0.1, -0.05) is 49.2 Å². The summed E-state index contributed by atoms with van der Waals surface area (Å²) in [5.74, 6) is 4.05. The fourth-order valence-electron chi connectivity index (χ4n) is 8.62. The van der Waals surface area contributed by atoms with Crippen molar-refractivity contribution in [2.24, 2.45) is 0 Å². The smallest absolute Gasteiger partial charge is 0.366 e. The third-order valence-electron chi connectivity index (χ3n) is 11.8. The number of aryl methyl sites for hydroxylation is 2. The SMILES string of the molecule is CCN1/C(=C/C=C2\CCC(/C=C/C3=[N+](CC)c4ccc(C)cc4C3(C)C)=C2Oc2ccc([I+]c3c(OC)cc(OC)cc3OC)cc2)C(C)(C)c2cc(C)ccc21. The number of methoxy groups -OCH3 is 3. The first kappa shape index (κ1) is 40.4. The third-order valence-corrected chi connectivity index (χ3v) is 14.7. The number of allylic oxidation sites excluding steroid dienone is 7. The molecule has 4 aromatic carbocycles. The molecule has 0 spiro atoms. The van der Waals surface area contributed by atoms with E-state index in [0.29, 0.717) is 5.75 Å². The highest BCUT2D eigenvalue weighted by atomic mass is 127. The summed E-state index contributed by atoms with van der Waals surface area (Å²) in [5.41, 5.74) is 12.8. The second kappa shape index (κ2) is 16.2. The standard InChI is InChI=1S/C50H57IN2O4/c1-12-52-41-24-14-32(3)28-39(41)49(5,6)45(52)26-18-34-16-17-35(19-27-46-50(7,8)40-29-33(4)15-25-42(40)53(46)13-2)48(34)57-37-22-20-36(21-23-37)51-47-43(55-10)30-38(54-9)31-44(47)56-11/h14-15,18-31H,12-13,16-17H2,1-11H3/q+2. The molecule has 0 unspecified atom stereocenters. The number of rotatable bonds is 12. The van der Waals surface area contributed by atoms with Gasteiger partial charge in [-0.2, -0.15) is 4.58 Å². The number of nitrogens with zero attached hydrogens (tertiary/aromatic N) is 2. The maximum atomic E-state index is 6.96. The van der Waals surface area contributed by atoms with Gasteiger partial charge in [0.15, 0.2) is 20.8 Å². The Kier molecular flexibility index (Phi) is 11.5. The predicted octanol–water partition coefficient (Wildman–Crippen LogP) is 8.16. The Morgan fingerprint density at radius 1 is 0.719 bits per heavy atom. The Hall–Kier alpha value is -4.76. The van der Waals surface area contributed by atoms with E-state index in [2.05, 4.69) is 150 Å². The lowest BCUT2D eigenvalue weighted by atomic mass is 9.80. The molecule has 7 heteroatoms. The molecule has 296 valence electrons. The highest BCUT2D eigenvalue weighted by Gasteiger charge is 2.44. The first-order chi connectivity index (χ1) is 27.3. The van der Waals surface area contributed by atoms with Crippen LogP contribution in [0.5, 0.6) is 23.0 Å². The highest BCUT2D eigenvalue weighted by molar-refractivity contribution is 6.03. The second-order valence-corrected chi connectivity index (χ2v) is 19.0. The summed E-state index contributed by atoms with van der Waals surface area (Å²) in [6.45, 7) is 20.1. The lowest BCUT2D eigenvalue weighted by Gasteiger charge is -2.26. The molecule has 0 amide bonds. The zero-order valence-corrected chi connectivity index (χ0v) is 37.6. The van der Waals surface area contributed by atoms with Gasteiger partial charge in [0.05, 0.1) is 26.7 Å². The van der Waals surface area contributed by atoms with Crippen molar-refractivity contribution < 1.29 is 44.7 Å². The molecule has 2 aliphatic heterocycles. The van der Waals surface area contributed by atoms with Crippen molar-refractivity contribution >= 4 is 17.1 Å². The van der Waals surface area contributed by atoms with Gasteiger partial charge in [0.25, 0.3) is 3.57 Å². The summed E-state index contributed by atoms with van der Waals surface area (Å²) in [4.78, 5) is 2.47. The molecule has 0 saturated carbocycles. The van der Waals surface area contributed by atoms with Crippen molar-refractivity contribution in [3.05, 3.63) is 149 Å². The number of hydrogen-bond donors (Lipinski definition) is 0. The molecule has 4 aromatic rings. The van der Waals surface area contributed by atoms with Gasteiger partial charge in [-0.05, 0) is 120 Å². The van der Waals surface area contributed by atoms with E-state index < -0.39 is 21.2 Å². The lowest BCUT2D eigenvalue weighted by molar-refractivity contribution is -0.598. The first-order valence-electron chi connectivity index (χ1n) is 20.0. The van der Waals surface area contributed by atoms with Crippen molar-refractivity contribution in [2.75, 3.05) is 39.3 Å². The molecule has 7 rings (SSSR count). The van der Waals surface area contributed by atoms with Crippen LogP contribution in [0.3, 0.4) is 0 Å². The average Bonchev–Trinajstić information content (AvgIpc) is 3.76. The van der Waals surface area contributed by atoms with Gasteiger partial charge in [-0.3, -0.25) is 0 Å². The van der Waals surface area contributed by atoms with E-state index in [0.717, 1.165) is 52.5 Å². The Labute approximate surface area is 350 Å². The van der Waals surface area contributed by atoms with Crippen LogP contribution in [-0.2, 0) is 10.8 Å². The van der Waals surface area contributed by atoms with Gasteiger partial charge < -0.3 is 23.8 Å². The van der Waals surface area contributed by atoms with Crippen LogP contribution in [0.2, 0.25) is 0 Å². The number of likely N-dealkylation sites (N-methyl/N-ethyl adjacent to an activating group) is 1. The first-order valence-corrected chi connectivity index (χ1v) is 22.2. The topological polar surface area (TPSA) is 43.2 Å². The molecule has 6 nitrogen and oxygen atoms in total. The summed E-state index contributed by atoms with van der Waals surface area (Å²) in [6.07, 6.45) is 11.2. The van der Waals surface area contributed by atoms with E-state index in [-0.39, 0.29) is 10.8 Å². The Bertz CT molecular complexity index is 2330. The van der Waals surface area contributed by atoms with E-state index in [1.165, 1.54) is 59.8 Å². The zero-order valence-electron chi connectivity index (χ0n) is 35.5. The fraction of sp³-hybridized carbons (Fsp3) is 0.340. The number of benzene rings is 4. The summed E-state index contributed by atoms with van der Waals surface area (Å²) >= 11 is -0.607. The molecule has 0 fully saturated rings. The molecule has 0 N–H and O–H groups in total. The van der Waals surface area contributed by atoms with Gasteiger partial charge in [-0.25, -0.2) is 0 Å². The van der Waals surface area contributed by atoms with Gasteiger partial charge in [-0.15, -0.1) is 0 Å². The minimum atomic E-state index is -0.607. The van der Waals surface area contributed by atoms with Crippen molar-refractivity contribution in [1.82, 2.24) is 0 Å². The molecule has 0 atom stereocenters. The van der Waals surface area contributed by atoms with Crippen LogP contribution in [0.25, 0.3) is 0 Å². The van der Waals surface area contributed by atoms with Crippen molar-refractivity contribution in [3.63, 3.8) is 0 Å². The van der Waals surface area contributed by atoms with Crippen LogP contribution >= 0.6 is 0 Å². The molecular formula is C50H57IN2O4+2. The summed E-state index contributed by atoms with van der Waals surface area (Å²) in [6, 6.07) is 26.1. The summed E-state index contributed by atoms with van der Waals surface area (Å²) < 4.78 is 28.8. The maximum Gasteiger partial charge on any atom is 0.366 e. The van der Waals surface area contributed by atoms with Crippen LogP contribution < -0.4 is 45.1 Å². The van der Waals surface area contributed by atoms with E-state index in [1.807, 2.05) is 12.1 Å². The van der Waals surface area contributed by atoms with Crippen LogP contribution in [-0.4, -0.2) is 44.7 Å². The fourth-order valence-corrected chi connectivity index (χ4v) is 11.2. The molecule has 0 aromatic heterocycles. The van der Waals surface area contributed by atoms with Gasteiger partial charge in [0.2, 0.25) is 5.69 Å². The summed E-state index contributed by atoms with van der Waals surface area (Å²) in [5, 5.41) is 0. The maximum absolute atomic E-state index is 6.96. The molecule has 0 saturated heterocycles. The Balaban J connectivity index is 1.26. The van der Waals surface area contributed by atoms with Crippen LogP contribution in [0, 0.1) is 21.0 Å². The minimum Gasteiger partial charge on any atom is -0.496 e. The van der Waals surface area contributed by atoms with Gasteiger partial charge in [0.1, 0.15) is 23.8 Å². The largest absolute Gasteiger partial charge is 0.496 e. The molecule has 0 bridgehead atoms. The Morgan fingerprint density at radius 2 is 1.39 bits per heavy atom. The third kappa shape index (κ3) is 7.55. The lowest BCUT2D eigenvalue weighted by Crippen LogP contribution is -3.61. The normalized spacial score (nSPS) is 18.3. The van der Waals surface area contributed by atoms with Crippen LogP contribution in [0.1, 0.15) is 76.6 Å². The molecule has 3 aliphatic rings. The summed E-state index contributed by atoms with van der Waals surface area (Å²) in [7, 11) is 5.04. The molecule has 2 heterocycles. The Morgan fingerprint density at radius 3 is 2.02 bits per heavy atom. The van der Waals surface area contributed by atoms with E-state index in [9.17, 15) is 0 Å². The molecular weight excluding hydrogens is 819 g/mol. The van der Waals surface area contributed by atoms with Crippen molar-refractivity contribution in [1.29, 1.82) is 0 Å². The van der Waals surface area contributed by atoms with Gasteiger partial charge in [0, 0.05) is 53.2 Å².